The van der Waals surface area contributed by atoms with Crippen molar-refractivity contribution in [2.24, 2.45) is 0 Å². The fraction of sp³-hybridized carbons (Fsp3) is 0. The normalized spacial score (nSPS) is 10.2. The predicted octanol–water partition coefficient (Wildman–Crippen LogP) is 3.08. The molecular weight excluding hydrogens is 298 g/mol. The lowest BCUT2D eigenvalue weighted by Gasteiger charge is -2.05. The van der Waals surface area contributed by atoms with Gasteiger partial charge in [0, 0.05) is 6.07 Å². The molecule has 92 valence electrons. The van der Waals surface area contributed by atoms with Gasteiger partial charge in [-0.25, -0.2) is 15.0 Å². The molecule has 1 amide bonds. The maximum atomic E-state index is 11.9. The van der Waals surface area contributed by atoms with Crippen molar-refractivity contribution in [1.29, 1.82) is 0 Å². The summed E-state index contributed by atoms with van der Waals surface area (Å²) >= 11 is 17.2. The number of carbonyl (C=O) groups excluding carboxylic acids is 1. The highest BCUT2D eigenvalue weighted by molar-refractivity contribution is 6.35. The zero-order valence-electron chi connectivity index (χ0n) is 8.69. The highest BCUT2D eigenvalue weighted by atomic mass is 35.5. The third-order valence-electron chi connectivity index (χ3n) is 1.90. The van der Waals surface area contributed by atoms with Gasteiger partial charge in [-0.05, 0) is 12.1 Å². The summed E-state index contributed by atoms with van der Waals surface area (Å²) in [6.45, 7) is 0. The summed E-state index contributed by atoms with van der Waals surface area (Å²) in [5, 5.41) is 3.06. The van der Waals surface area contributed by atoms with Crippen LogP contribution in [0.3, 0.4) is 0 Å². The van der Waals surface area contributed by atoms with Crippen LogP contribution in [0.25, 0.3) is 0 Å². The quantitative estimate of drug-likeness (QED) is 0.684. The number of hydrogen-bond donors (Lipinski definition) is 1. The summed E-state index contributed by atoms with van der Waals surface area (Å²) < 4.78 is 0. The van der Waals surface area contributed by atoms with Crippen LogP contribution in [0.5, 0.6) is 0 Å². The van der Waals surface area contributed by atoms with E-state index in [0.29, 0.717) is 0 Å². The van der Waals surface area contributed by atoms with E-state index in [1.165, 1.54) is 24.5 Å². The van der Waals surface area contributed by atoms with Crippen LogP contribution in [0.2, 0.25) is 15.3 Å². The smallest absolute Gasteiger partial charge is 0.277 e. The van der Waals surface area contributed by atoms with Crippen molar-refractivity contribution in [3.05, 3.63) is 45.5 Å². The number of carbonyl (C=O) groups is 1. The monoisotopic (exact) mass is 302 g/mol. The molecule has 1 N–H and O–H groups in total. The third kappa shape index (κ3) is 3.07. The molecule has 0 aliphatic carbocycles. The summed E-state index contributed by atoms with van der Waals surface area (Å²) in [5.41, 5.74) is 0.0129. The standard InChI is InChI=1S/C10H5Cl3N4O/c11-5-1-2-6(12)16-9(5)10(18)17-8-3-7(13)14-4-15-8/h1-4H,(H,14,15,17,18). The van der Waals surface area contributed by atoms with Crippen LogP contribution in [0, 0.1) is 0 Å². The molecular formula is C10H5Cl3N4O. The van der Waals surface area contributed by atoms with Crippen molar-refractivity contribution in [2.45, 2.75) is 0 Å². The minimum absolute atomic E-state index is 0.0129. The topological polar surface area (TPSA) is 67.8 Å². The summed E-state index contributed by atoms with van der Waals surface area (Å²) in [5.74, 6) is -0.282. The summed E-state index contributed by atoms with van der Waals surface area (Å²) in [4.78, 5) is 23.2. The molecule has 5 nitrogen and oxygen atoms in total. The minimum atomic E-state index is -0.530. The molecule has 2 aromatic heterocycles. The Morgan fingerprint density at radius 3 is 2.61 bits per heavy atom. The Hall–Kier alpha value is -1.43. The van der Waals surface area contributed by atoms with E-state index in [9.17, 15) is 4.79 Å². The number of hydrogen-bond acceptors (Lipinski definition) is 4. The van der Waals surface area contributed by atoms with Crippen molar-refractivity contribution in [3.63, 3.8) is 0 Å². The average Bonchev–Trinajstić information content (AvgIpc) is 2.32. The average molecular weight is 304 g/mol. The van der Waals surface area contributed by atoms with Crippen molar-refractivity contribution >= 4 is 46.5 Å². The molecule has 18 heavy (non-hydrogen) atoms. The van der Waals surface area contributed by atoms with Gasteiger partial charge in [0.15, 0.2) is 0 Å². The molecule has 0 unspecified atom stereocenters. The second-order valence-corrected chi connectivity index (χ2v) is 4.33. The van der Waals surface area contributed by atoms with Crippen LogP contribution in [0.4, 0.5) is 5.82 Å². The maximum Gasteiger partial charge on any atom is 0.277 e. The Kier molecular flexibility index (Phi) is 3.96. The number of halogens is 3. The number of amides is 1. The zero-order valence-corrected chi connectivity index (χ0v) is 11.0. The fourth-order valence-electron chi connectivity index (χ4n) is 1.16. The molecule has 2 heterocycles. The highest BCUT2D eigenvalue weighted by Gasteiger charge is 2.13. The number of anilines is 1. The van der Waals surface area contributed by atoms with E-state index in [0.717, 1.165) is 0 Å². The number of aromatic nitrogens is 3. The molecule has 0 radical (unpaired) electrons. The van der Waals surface area contributed by atoms with E-state index >= 15 is 0 Å². The first-order chi connectivity index (χ1) is 8.56. The molecule has 0 aliphatic heterocycles. The number of pyridine rings is 1. The Labute approximate surface area is 117 Å². The SMILES string of the molecule is O=C(Nc1cc(Cl)ncn1)c1nc(Cl)ccc1Cl. The van der Waals surface area contributed by atoms with Crippen LogP contribution in [0.1, 0.15) is 10.5 Å². The first-order valence-corrected chi connectivity index (χ1v) is 5.80. The Bertz CT molecular complexity index is 605. The molecule has 2 aromatic rings. The van der Waals surface area contributed by atoms with E-state index in [-0.39, 0.29) is 26.8 Å². The lowest BCUT2D eigenvalue weighted by molar-refractivity contribution is 0.102. The van der Waals surface area contributed by atoms with Crippen molar-refractivity contribution in [3.8, 4) is 0 Å². The van der Waals surface area contributed by atoms with Gasteiger partial charge >= 0.3 is 0 Å². The van der Waals surface area contributed by atoms with Crippen LogP contribution < -0.4 is 5.32 Å². The summed E-state index contributed by atoms with van der Waals surface area (Å²) in [6.07, 6.45) is 1.23. The van der Waals surface area contributed by atoms with Gasteiger partial charge in [0.2, 0.25) is 0 Å². The molecule has 0 aliphatic rings. The van der Waals surface area contributed by atoms with Gasteiger partial charge in [-0.1, -0.05) is 34.8 Å². The molecule has 0 atom stereocenters. The van der Waals surface area contributed by atoms with Gasteiger partial charge in [0.1, 0.15) is 28.1 Å². The second-order valence-electron chi connectivity index (χ2n) is 3.14. The number of nitrogens with zero attached hydrogens (tertiary/aromatic N) is 3. The molecule has 0 bridgehead atoms. The van der Waals surface area contributed by atoms with Gasteiger partial charge in [0.05, 0.1) is 5.02 Å². The van der Waals surface area contributed by atoms with Crippen molar-refractivity contribution in [2.75, 3.05) is 5.32 Å². The molecule has 0 saturated carbocycles. The lowest BCUT2D eigenvalue weighted by Crippen LogP contribution is -2.15. The molecule has 0 fully saturated rings. The molecule has 2 rings (SSSR count). The van der Waals surface area contributed by atoms with Gasteiger partial charge < -0.3 is 5.32 Å². The first-order valence-electron chi connectivity index (χ1n) is 4.67. The zero-order chi connectivity index (χ0) is 13.1. The molecule has 8 heteroatoms. The van der Waals surface area contributed by atoms with Gasteiger partial charge in [-0.3, -0.25) is 4.79 Å². The van der Waals surface area contributed by atoms with E-state index in [1.807, 2.05) is 0 Å². The third-order valence-corrected chi connectivity index (χ3v) is 2.62. The molecule has 0 aromatic carbocycles. The number of nitrogens with one attached hydrogen (secondary N) is 1. The first kappa shape index (κ1) is 13.0. The van der Waals surface area contributed by atoms with Crippen LogP contribution >= 0.6 is 34.8 Å². The second kappa shape index (κ2) is 5.48. The summed E-state index contributed by atoms with van der Waals surface area (Å²) in [6, 6.07) is 4.37. The van der Waals surface area contributed by atoms with Crippen LogP contribution in [-0.4, -0.2) is 20.9 Å². The fourth-order valence-corrected chi connectivity index (χ4v) is 1.64. The van der Waals surface area contributed by atoms with Gasteiger partial charge in [-0.2, -0.15) is 0 Å². The molecule has 0 spiro atoms. The van der Waals surface area contributed by atoms with E-state index < -0.39 is 5.91 Å². The Morgan fingerprint density at radius 2 is 1.89 bits per heavy atom. The van der Waals surface area contributed by atoms with E-state index in [1.54, 1.807) is 0 Å². The highest BCUT2D eigenvalue weighted by Crippen LogP contribution is 2.18. The minimum Gasteiger partial charge on any atom is -0.305 e. The Balaban J connectivity index is 2.24. The van der Waals surface area contributed by atoms with Crippen LogP contribution in [-0.2, 0) is 0 Å². The number of rotatable bonds is 2. The van der Waals surface area contributed by atoms with Crippen molar-refractivity contribution in [1.82, 2.24) is 15.0 Å². The largest absolute Gasteiger partial charge is 0.305 e. The van der Waals surface area contributed by atoms with Gasteiger partial charge in [-0.15, -0.1) is 0 Å². The predicted molar refractivity (Wildman–Crippen MR) is 69.3 cm³/mol. The summed E-state index contributed by atoms with van der Waals surface area (Å²) in [7, 11) is 0. The van der Waals surface area contributed by atoms with Crippen LogP contribution in [0.15, 0.2) is 24.5 Å². The van der Waals surface area contributed by atoms with E-state index in [2.05, 4.69) is 20.3 Å². The van der Waals surface area contributed by atoms with E-state index in [4.69, 9.17) is 34.8 Å². The van der Waals surface area contributed by atoms with Crippen molar-refractivity contribution < 1.29 is 4.79 Å². The lowest BCUT2D eigenvalue weighted by atomic mass is 10.3. The van der Waals surface area contributed by atoms with Gasteiger partial charge in [0.25, 0.3) is 5.91 Å². The maximum absolute atomic E-state index is 11.9. The Morgan fingerprint density at radius 1 is 1.11 bits per heavy atom. The molecule has 0 saturated heterocycles.